The van der Waals surface area contributed by atoms with Gasteiger partial charge in [0.25, 0.3) is 0 Å². The lowest BCUT2D eigenvalue weighted by molar-refractivity contribution is 0.0123. The summed E-state index contributed by atoms with van der Waals surface area (Å²) in [5.74, 6) is 0. The van der Waals surface area contributed by atoms with Gasteiger partial charge >= 0.3 is 0 Å². The van der Waals surface area contributed by atoms with Crippen LogP contribution in [0.25, 0.3) is 0 Å². The molecule has 0 saturated heterocycles. The average Bonchev–Trinajstić information content (AvgIpc) is 1.60. The van der Waals surface area contributed by atoms with Crippen molar-refractivity contribution in [2.45, 2.75) is 31.5 Å². The summed E-state index contributed by atoms with van der Waals surface area (Å²) >= 11 is 0. The van der Waals surface area contributed by atoms with Crippen LogP contribution in [0.1, 0.15) is 19.8 Å². The molecule has 0 amide bonds. The van der Waals surface area contributed by atoms with E-state index in [0.29, 0.717) is 12.8 Å². The largest absolute Gasteiger partial charge is 0.390 e. The molecule has 1 aliphatic carbocycles. The van der Waals surface area contributed by atoms with Gasteiger partial charge in [0.2, 0.25) is 0 Å². The van der Waals surface area contributed by atoms with E-state index in [1.165, 1.54) is 0 Å². The van der Waals surface area contributed by atoms with Crippen LogP contribution in [0.5, 0.6) is 0 Å². The van der Waals surface area contributed by atoms with E-state index in [0.717, 1.165) is 0 Å². The molecule has 52 valence electrons. The van der Waals surface area contributed by atoms with Crippen molar-refractivity contribution < 1.29 is 10.2 Å². The van der Waals surface area contributed by atoms with Crippen molar-refractivity contribution in [3.8, 4) is 0 Å². The summed E-state index contributed by atoms with van der Waals surface area (Å²) in [6.45, 7) is 1.74. The Morgan fingerprint density at radius 3 is 2.67 bits per heavy atom. The maximum Gasteiger partial charge on any atom is 0.0748 e. The third-order valence-corrected chi connectivity index (χ3v) is 1.56. The predicted octanol–water partition coefficient (Wildman–Crippen LogP) is 0.448. The minimum atomic E-state index is -0.686. The lowest BCUT2D eigenvalue weighted by Crippen LogP contribution is -2.31. The number of aliphatic hydroxyl groups excluding tert-OH is 1. The zero-order valence-electron chi connectivity index (χ0n) is 5.54. The van der Waals surface area contributed by atoms with Gasteiger partial charge in [-0.1, -0.05) is 12.2 Å². The first-order chi connectivity index (χ1) is 4.10. The van der Waals surface area contributed by atoms with Gasteiger partial charge < -0.3 is 10.2 Å². The molecule has 0 heterocycles. The van der Waals surface area contributed by atoms with E-state index in [1.54, 1.807) is 13.0 Å². The van der Waals surface area contributed by atoms with Crippen molar-refractivity contribution in [2.75, 3.05) is 0 Å². The zero-order chi connectivity index (χ0) is 6.91. The Kier molecular flexibility index (Phi) is 1.60. The molecule has 0 aromatic heterocycles. The van der Waals surface area contributed by atoms with Crippen LogP contribution in [0.15, 0.2) is 12.2 Å². The third-order valence-electron chi connectivity index (χ3n) is 1.56. The molecule has 0 saturated carbocycles. The Morgan fingerprint density at radius 2 is 2.33 bits per heavy atom. The van der Waals surface area contributed by atoms with Crippen molar-refractivity contribution in [2.24, 2.45) is 0 Å². The van der Waals surface area contributed by atoms with Crippen LogP contribution < -0.4 is 0 Å². The fourth-order valence-corrected chi connectivity index (χ4v) is 1.08. The van der Waals surface area contributed by atoms with E-state index in [-0.39, 0.29) is 0 Å². The molecule has 1 aliphatic rings. The maximum atomic E-state index is 9.33. The normalized spacial score (nSPS) is 43.2. The topological polar surface area (TPSA) is 40.5 Å². The molecule has 0 aliphatic heterocycles. The van der Waals surface area contributed by atoms with Crippen LogP contribution in [0.2, 0.25) is 0 Å². The number of rotatable bonds is 0. The van der Waals surface area contributed by atoms with E-state index >= 15 is 0 Å². The van der Waals surface area contributed by atoms with Crippen molar-refractivity contribution in [3.05, 3.63) is 12.2 Å². The zero-order valence-corrected chi connectivity index (χ0v) is 5.54. The molecule has 0 aromatic rings. The second-order valence-corrected chi connectivity index (χ2v) is 2.90. The summed E-state index contributed by atoms with van der Waals surface area (Å²) in [4.78, 5) is 0. The standard InChI is InChI=1S/C7H12O2/c1-7(9)4-2-3-6(8)5-7/h2-3,6,8-9H,4-5H2,1H3/t6-,7+/m0/s1. The summed E-state index contributed by atoms with van der Waals surface area (Å²) in [6, 6.07) is 0. The second-order valence-electron chi connectivity index (χ2n) is 2.90. The van der Waals surface area contributed by atoms with Crippen LogP contribution >= 0.6 is 0 Å². The number of hydrogen-bond acceptors (Lipinski definition) is 2. The highest BCUT2D eigenvalue weighted by atomic mass is 16.3. The Hall–Kier alpha value is -0.340. The van der Waals surface area contributed by atoms with Gasteiger partial charge in [-0.2, -0.15) is 0 Å². The molecule has 2 N–H and O–H groups in total. The SMILES string of the molecule is C[C@@]1(O)CC=C[C@H](O)C1. The molecule has 1 rings (SSSR count). The summed E-state index contributed by atoms with van der Waals surface area (Å²) in [5, 5.41) is 18.3. The smallest absolute Gasteiger partial charge is 0.0748 e. The quantitative estimate of drug-likeness (QED) is 0.465. The van der Waals surface area contributed by atoms with Gasteiger partial charge in [-0.05, 0) is 13.3 Å². The van der Waals surface area contributed by atoms with E-state index in [4.69, 9.17) is 5.11 Å². The van der Waals surface area contributed by atoms with E-state index in [2.05, 4.69) is 0 Å². The Bertz CT molecular complexity index is 127. The first kappa shape index (κ1) is 6.78. The second kappa shape index (κ2) is 2.12. The predicted molar refractivity (Wildman–Crippen MR) is 35.0 cm³/mol. The molecule has 0 unspecified atom stereocenters. The van der Waals surface area contributed by atoms with Gasteiger partial charge in [-0.25, -0.2) is 0 Å². The lowest BCUT2D eigenvalue weighted by Gasteiger charge is -2.26. The van der Waals surface area contributed by atoms with Crippen LogP contribution in [0.4, 0.5) is 0 Å². The Morgan fingerprint density at radius 1 is 1.67 bits per heavy atom. The van der Waals surface area contributed by atoms with Crippen molar-refractivity contribution in [3.63, 3.8) is 0 Å². The molecular weight excluding hydrogens is 116 g/mol. The van der Waals surface area contributed by atoms with Gasteiger partial charge in [-0.3, -0.25) is 0 Å². The third kappa shape index (κ3) is 1.80. The lowest BCUT2D eigenvalue weighted by atomic mass is 9.90. The van der Waals surface area contributed by atoms with E-state index in [1.807, 2.05) is 6.08 Å². The first-order valence-electron chi connectivity index (χ1n) is 3.17. The van der Waals surface area contributed by atoms with Gasteiger partial charge in [0, 0.05) is 6.42 Å². The molecule has 2 atom stereocenters. The van der Waals surface area contributed by atoms with Crippen LogP contribution in [0.3, 0.4) is 0 Å². The Labute approximate surface area is 54.8 Å². The molecule has 9 heavy (non-hydrogen) atoms. The molecular formula is C7H12O2. The highest BCUT2D eigenvalue weighted by Gasteiger charge is 2.24. The van der Waals surface area contributed by atoms with E-state index in [9.17, 15) is 5.11 Å². The van der Waals surface area contributed by atoms with Crippen molar-refractivity contribution >= 4 is 0 Å². The first-order valence-corrected chi connectivity index (χ1v) is 3.17. The monoisotopic (exact) mass is 128 g/mol. The molecule has 0 radical (unpaired) electrons. The molecule has 0 aromatic carbocycles. The fraction of sp³-hybridized carbons (Fsp3) is 0.714. The minimum Gasteiger partial charge on any atom is -0.390 e. The fourth-order valence-electron chi connectivity index (χ4n) is 1.08. The average molecular weight is 128 g/mol. The summed E-state index contributed by atoms with van der Waals surface area (Å²) in [7, 11) is 0. The van der Waals surface area contributed by atoms with Crippen molar-refractivity contribution in [1.29, 1.82) is 0 Å². The number of hydrogen-bond donors (Lipinski definition) is 2. The highest BCUT2D eigenvalue weighted by Crippen LogP contribution is 2.22. The molecule has 2 nitrogen and oxygen atoms in total. The highest BCUT2D eigenvalue weighted by molar-refractivity contribution is 5.01. The van der Waals surface area contributed by atoms with Crippen LogP contribution in [-0.2, 0) is 0 Å². The van der Waals surface area contributed by atoms with Crippen molar-refractivity contribution in [1.82, 2.24) is 0 Å². The molecule has 2 heteroatoms. The van der Waals surface area contributed by atoms with Gasteiger partial charge in [0.05, 0.1) is 11.7 Å². The van der Waals surface area contributed by atoms with Gasteiger partial charge in [-0.15, -0.1) is 0 Å². The Balaban J connectivity index is 2.58. The van der Waals surface area contributed by atoms with Crippen LogP contribution in [-0.4, -0.2) is 21.9 Å². The maximum absolute atomic E-state index is 9.33. The molecule has 0 fully saturated rings. The van der Waals surface area contributed by atoms with E-state index < -0.39 is 11.7 Å². The summed E-state index contributed by atoms with van der Waals surface area (Å²) < 4.78 is 0. The summed E-state index contributed by atoms with van der Waals surface area (Å²) in [5.41, 5.74) is -0.686. The van der Waals surface area contributed by atoms with Gasteiger partial charge in [0.1, 0.15) is 0 Å². The minimum absolute atomic E-state index is 0.450. The molecule has 0 spiro atoms. The van der Waals surface area contributed by atoms with Gasteiger partial charge in [0.15, 0.2) is 0 Å². The molecule has 0 bridgehead atoms. The number of aliphatic hydroxyl groups is 2. The van der Waals surface area contributed by atoms with Crippen LogP contribution in [0, 0.1) is 0 Å². The summed E-state index contributed by atoms with van der Waals surface area (Å²) in [6.07, 6.45) is 4.20.